The number of hydrogen-bond donors (Lipinski definition) is 2. The molecule has 13 heteroatoms. The number of aromatic nitrogens is 4. The molecule has 3 fully saturated rings. The molecular formula is C24H31F2N7O2S2. The Morgan fingerprint density at radius 2 is 1.86 bits per heavy atom. The number of pyridine rings is 1. The number of anilines is 1. The average molecular weight is 552 g/mol. The monoisotopic (exact) mass is 551 g/mol. The second kappa shape index (κ2) is 8.92. The highest BCUT2D eigenvalue weighted by molar-refractivity contribution is 7.89. The molecule has 0 aromatic carbocycles. The Labute approximate surface area is 218 Å². The van der Waals surface area contributed by atoms with Crippen molar-refractivity contribution in [2.45, 2.75) is 87.7 Å². The van der Waals surface area contributed by atoms with Crippen LogP contribution in [0.1, 0.15) is 75.9 Å². The van der Waals surface area contributed by atoms with Gasteiger partial charge in [0.05, 0.1) is 21.7 Å². The van der Waals surface area contributed by atoms with E-state index in [1.165, 1.54) is 0 Å². The van der Waals surface area contributed by atoms with Gasteiger partial charge in [-0.25, -0.2) is 26.4 Å². The Bertz CT molecular complexity index is 1440. The molecule has 3 aromatic heterocycles. The average Bonchev–Trinajstić information content (AvgIpc) is 3.17. The van der Waals surface area contributed by atoms with Crippen LogP contribution in [-0.2, 0) is 10.0 Å². The van der Waals surface area contributed by atoms with Crippen LogP contribution in [0.15, 0.2) is 17.0 Å². The Kier molecular flexibility index (Phi) is 6.05. The summed E-state index contributed by atoms with van der Waals surface area (Å²) < 4.78 is 58.6. The zero-order valence-corrected chi connectivity index (χ0v) is 22.7. The van der Waals surface area contributed by atoms with Gasteiger partial charge in [-0.3, -0.25) is 0 Å². The van der Waals surface area contributed by atoms with E-state index < -0.39 is 22.0 Å². The molecular weight excluding hydrogens is 520 g/mol. The summed E-state index contributed by atoms with van der Waals surface area (Å²) in [6, 6.07) is 3.69. The first-order valence-electron chi connectivity index (χ1n) is 12.8. The lowest BCUT2D eigenvalue weighted by Gasteiger charge is -2.37. The summed E-state index contributed by atoms with van der Waals surface area (Å²) in [6.07, 6.45) is 1.81. The minimum absolute atomic E-state index is 0.141. The Morgan fingerprint density at radius 3 is 2.43 bits per heavy atom. The lowest BCUT2D eigenvalue weighted by atomic mass is 9.81. The maximum Gasteiger partial charge on any atom is 0.291 e. The van der Waals surface area contributed by atoms with Gasteiger partial charge in [0.15, 0.2) is 10.0 Å². The number of fused-ring (bicyclic) bond motifs is 1. The van der Waals surface area contributed by atoms with E-state index in [1.807, 2.05) is 6.92 Å². The minimum atomic E-state index is -3.83. The molecule has 4 heterocycles. The van der Waals surface area contributed by atoms with Gasteiger partial charge in [-0.15, -0.1) is 10.2 Å². The lowest BCUT2D eigenvalue weighted by molar-refractivity contribution is 0.150. The van der Waals surface area contributed by atoms with E-state index in [9.17, 15) is 17.2 Å². The fraction of sp³-hybridized carbons (Fsp3) is 0.625. The van der Waals surface area contributed by atoms with Crippen molar-refractivity contribution in [1.29, 1.82) is 0 Å². The predicted molar refractivity (Wildman–Crippen MR) is 138 cm³/mol. The lowest BCUT2D eigenvalue weighted by Crippen LogP contribution is -2.54. The van der Waals surface area contributed by atoms with Gasteiger partial charge in [0.2, 0.25) is 10.0 Å². The predicted octanol–water partition coefficient (Wildman–Crippen LogP) is 4.08. The van der Waals surface area contributed by atoms with Crippen LogP contribution < -0.4 is 14.9 Å². The molecule has 2 saturated carbocycles. The van der Waals surface area contributed by atoms with E-state index in [0.29, 0.717) is 35.0 Å². The van der Waals surface area contributed by atoms with Crippen molar-refractivity contribution in [1.82, 2.24) is 29.9 Å². The third-order valence-electron chi connectivity index (χ3n) is 7.62. The van der Waals surface area contributed by atoms with E-state index in [-0.39, 0.29) is 27.9 Å². The first-order chi connectivity index (χ1) is 17.5. The smallest absolute Gasteiger partial charge is 0.291 e. The summed E-state index contributed by atoms with van der Waals surface area (Å²) in [5.41, 5.74) is 1.50. The number of rotatable bonds is 7. The van der Waals surface area contributed by atoms with Crippen LogP contribution in [0.3, 0.4) is 0 Å². The largest absolute Gasteiger partial charge is 0.353 e. The van der Waals surface area contributed by atoms with Gasteiger partial charge in [0, 0.05) is 42.7 Å². The Morgan fingerprint density at radius 1 is 1.16 bits per heavy atom. The Balaban J connectivity index is 1.58. The molecule has 3 aliphatic rings. The van der Waals surface area contributed by atoms with Gasteiger partial charge in [-0.2, -0.15) is 5.10 Å². The van der Waals surface area contributed by atoms with E-state index in [0.717, 1.165) is 49.1 Å². The molecule has 0 amide bonds. The number of alkyl halides is 2. The SMILES string of the molecule is C[C@H]1CN(c2cc(S(=O)(=O)NC3(C)CC3)cc3c(-c4nnc(C(F)F)s4)c(C4CCC4)nn23)C[C@H](C)N1. The van der Waals surface area contributed by atoms with Gasteiger partial charge in [-0.05, 0) is 52.5 Å². The van der Waals surface area contributed by atoms with Crippen molar-refractivity contribution >= 4 is 32.7 Å². The van der Waals surface area contributed by atoms with E-state index in [2.05, 4.69) is 39.0 Å². The molecule has 1 aliphatic heterocycles. The van der Waals surface area contributed by atoms with Crippen LogP contribution in [0.25, 0.3) is 16.1 Å². The highest BCUT2D eigenvalue weighted by Gasteiger charge is 2.42. The summed E-state index contributed by atoms with van der Waals surface area (Å²) in [5, 5.41) is 16.3. The minimum Gasteiger partial charge on any atom is -0.353 e. The fourth-order valence-corrected chi connectivity index (χ4v) is 7.56. The molecule has 37 heavy (non-hydrogen) atoms. The second-order valence-electron chi connectivity index (χ2n) is 11.0. The van der Waals surface area contributed by atoms with Crippen LogP contribution in [-0.4, -0.2) is 58.9 Å². The van der Waals surface area contributed by atoms with Crippen molar-refractivity contribution in [2.75, 3.05) is 18.0 Å². The van der Waals surface area contributed by atoms with E-state index in [1.54, 1.807) is 16.6 Å². The number of halogens is 2. The van der Waals surface area contributed by atoms with Gasteiger partial charge < -0.3 is 10.2 Å². The summed E-state index contributed by atoms with van der Waals surface area (Å²) in [4.78, 5) is 2.30. The molecule has 6 rings (SSSR count). The fourth-order valence-electron chi connectivity index (χ4n) is 5.30. The van der Waals surface area contributed by atoms with Crippen LogP contribution in [0.4, 0.5) is 14.6 Å². The number of piperazine rings is 1. The molecule has 3 aromatic rings. The molecule has 0 bridgehead atoms. The summed E-state index contributed by atoms with van der Waals surface area (Å²) in [5.74, 6) is 0.843. The van der Waals surface area contributed by atoms with Crippen LogP contribution >= 0.6 is 11.3 Å². The van der Waals surface area contributed by atoms with E-state index in [4.69, 9.17) is 5.10 Å². The second-order valence-corrected chi connectivity index (χ2v) is 13.7. The Hall–Kier alpha value is -2.22. The topological polar surface area (TPSA) is 105 Å². The van der Waals surface area contributed by atoms with Gasteiger partial charge in [0.25, 0.3) is 6.43 Å². The third-order valence-corrected chi connectivity index (χ3v) is 10.2. The molecule has 2 atom stereocenters. The zero-order valence-electron chi connectivity index (χ0n) is 21.0. The van der Waals surface area contributed by atoms with Gasteiger partial charge in [-0.1, -0.05) is 17.8 Å². The molecule has 2 aliphatic carbocycles. The molecule has 1 saturated heterocycles. The van der Waals surface area contributed by atoms with Crippen molar-refractivity contribution in [3.8, 4) is 10.6 Å². The molecule has 2 N–H and O–H groups in total. The van der Waals surface area contributed by atoms with Crippen LogP contribution in [0.2, 0.25) is 0 Å². The number of nitrogens with zero attached hydrogens (tertiary/aromatic N) is 5. The third kappa shape index (κ3) is 4.64. The molecule has 9 nitrogen and oxygen atoms in total. The first-order valence-corrected chi connectivity index (χ1v) is 15.1. The van der Waals surface area contributed by atoms with Crippen LogP contribution in [0, 0.1) is 0 Å². The number of hydrogen-bond acceptors (Lipinski definition) is 8. The molecule has 0 unspecified atom stereocenters. The highest BCUT2D eigenvalue weighted by atomic mass is 32.2. The molecule has 200 valence electrons. The standard InChI is InChI=1S/C24H31F2N7O2S2/c1-13-11-32(12-14(2)27-13)18-10-16(37(34,35)31-24(3)7-8-24)9-17-19(22-28-29-23(36-22)21(25)26)20(30-33(17)18)15-5-4-6-15/h9-10,13-15,21,27,31H,4-8,11-12H2,1-3H3/t13-,14-/m0/s1. The highest BCUT2D eigenvalue weighted by Crippen LogP contribution is 2.45. The van der Waals surface area contributed by atoms with Crippen molar-refractivity contribution in [3.63, 3.8) is 0 Å². The first kappa shape index (κ1) is 25.1. The normalized spacial score (nSPS) is 24.1. The van der Waals surface area contributed by atoms with Gasteiger partial charge >= 0.3 is 0 Å². The number of sulfonamides is 1. The van der Waals surface area contributed by atoms with Gasteiger partial charge in [0.1, 0.15) is 5.82 Å². The van der Waals surface area contributed by atoms with Crippen molar-refractivity contribution in [3.05, 3.63) is 22.8 Å². The van der Waals surface area contributed by atoms with Crippen molar-refractivity contribution in [2.24, 2.45) is 0 Å². The maximum atomic E-state index is 13.5. The molecule has 0 spiro atoms. The summed E-state index contributed by atoms with van der Waals surface area (Å²) in [6.45, 7) is 7.44. The molecule has 0 radical (unpaired) electrons. The number of nitrogens with one attached hydrogen (secondary N) is 2. The summed E-state index contributed by atoms with van der Waals surface area (Å²) in [7, 11) is -3.83. The van der Waals surface area contributed by atoms with Crippen LogP contribution in [0.5, 0.6) is 0 Å². The maximum absolute atomic E-state index is 13.5. The van der Waals surface area contributed by atoms with Crippen molar-refractivity contribution < 1.29 is 17.2 Å². The summed E-state index contributed by atoms with van der Waals surface area (Å²) >= 11 is 0.841. The van der Waals surface area contributed by atoms with E-state index >= 15 is 0 Å². The quantitative estimate of drug-likeness (QED) is 0.456. The zero-order chi connectivity index (χ0) is 26.1.